The first-order valence-corrected chi connectivity index (χ1v) is 8.08. The van der Waals surface area contributed by atoms with Crippen molar-refractivity contribution in [3.8, 4) is 6.07 Å². The van der Waals surface area contributed by atoms with Crippen LogP contribution < -0.4 is 0 Å². The third-order valence-electron chi connectivity index (χ3n) is 3.29. The van der Waals surface area contributed by atoms with Gasteiger partial charge in [-0.25, -0.2) is 12.7 Å². The monoisotopic (exact) mass is 294 g/mol. The fourth-order valence-electron chi connectivity index (χ4n) is 2.21. The lowest BCUT2D eigenvalue weighted by Gasteiger charge is -2.23. The molecule has 0 aliphatic heterocycles. The number of sulfonamides is 1. The molecule has 0 bridgehead atoms. The van der Waals surface area contributed by atoms with Gasteiger partial charge in [0.1, 0.15) is 0 Å². The maximum Gasteiger partial charge on any atom is 0.243 e. The van der Waals surface area contributed by atoms with Crippen molar-refractivity contribution in [1.29, 1.82) is 5.26 Å². The molecule has 0 radical (unpaired) electrons. The second-order valence-corrected chi connectivity index (χ2v) is 7.74. The third-order valence-corrected chi connectivity index (χ3v) is 5.22. The molecule has 1 aromatic carbocycles. The number of hydrogen-bond acceptors (Lipinski definition) is 3. The van der Waals surface area contributed by atoms with Gasteiger partial charge in [-0.2, -0.15) is 5.26 Å². The van der Waals surface area contributed by atoms with Gasteiger partial charge in [-0.3, -0.25) is 0 Å². The Hall–Kier alpha value is -1.38. The second kappa shape index (κ2) is 5.94. The molecule has 0 amide bonds. The lowest BCUT2D eigenvalue weighted by Crippen LogP contribution is -2.26. The summed E-state index contributed by atoms with van der Waals surface area (Å²) in [6.07, 6.45) is 0. The van der Waals surface area contributed by atoms with E-state index in [0.717, 1.165) is 5.56 Å². The van der Waals surface area contributed by atoms with E-state index < -0.39 is 10.0 Å². The molecule has 110 valence electrons. The summed E-state index contributed by atoms with van der Waals surface area (Å²) in [5.41, 5.74) is 1.82. The molecule has 0 aromatic heterocycles. The Morgan fingerprint density at radius 2 is 1.65 bits per heavy atom. The van der Waals surface area contributed by atoms with E-state index in [0.29, 0.717) is 16.0 Å². The highest BCUT2D eigenvalue weighted by molar-refractivity contribution is 7.89. The van der Waals surface area contributed by atoms with Gasteiger partial charge in [0.05, 0.1) is 16.5 Å². The predicted molar refractivity (Wildman–Crippen MR) is 80.2 cm³/mol. The molecule has 5 heteroatoms. The van der Waals surface area contributed by atoms with Crippen molar-refractivity contribution in [3.05, 3.63) is 28.8 Å². The maximum absolute atomic E-state index is 12.7. The summed E-state index contributed by atoms with van der Waals surface area (Å²) >= 11 is 0. The molecular formula is C15H22N2O2S. The van der Waals surface area contributed by atoms with Crippen molar-refractivity contribution in [3.63, 3.8) is 0 Å². The molecule has 0 aliphatic rings. The summed E-state index contributed by atoms with van der Waals surface area (Å²) in [7, 11) is -0.546. The van der Waals surface area contributed by atoms with Crippen LogP contribution in [0.1, 0.15) is 56.2 Å². The Kier molecular flexibility index (Phi) is 4.95. The number of nitrogens with zero attached hydrogens (tertiary/aromatic N) is 2. The van der Waals surface area contributed by atoms with Crippen LogP contribution >= 0.6 is 0 Å². The maximum atomic E-state index is 12.7. The summed E-state index contributed by atoms with van der Waals surface area (Å²) in [6.45, 7) is 7.74. The summed E-state index contributed by atoms with van der Waals surface area (Å²) < 4.78 is 26.5. The first kappa shape index (κ1) is 16.7. The normalized spacial score (nSPS) is 12.2. The molecular weight excluding hydrogens is 272 g/mol. The molecule has 0 saturated heterocycles. The highest BCUT2D eigenvalue weighted by Crippen LogP contribution is 2.35. The van der Waals surface area contributed by atoms with Gasteiger partial charge in [-0.15, -0.1) is 0 Å². The Morgan fingerprint density at radius 1 is 1.10 bits per heavy atom. The molecule has 1 rings (SSSR count). The van der Waals surface area contributed by atoms with E-state index in [2.05, 4.69) is 6.07 Å². The first-order chi connectivity index (χ1) is 9.14. The van der Waals surface area contributed by atoms with Gasteiger partial charge in [0, 0.05) is 14.1 Å². The van der Waals surface area contributed by atoms with Crippen molar-refractivity contribution in [1.82, 2.24) is 4.31 Å². The highest BCUT2D eigenvalue weighted by atomic mass is 32.2. The van der Waals surface area contributed by atoms with Crippen molar-refractivity contribution >= 4 is 10.0 Å². The minimum Gasteiger partial charge on any atom is -0.207 e. The molecule has 1 aromatic rings. The summed E-state index contributed by atoms with van der Waals surface area (Å²) in [4.78, 5) is 0.298. The molecule has 0 aliphatic carbocycles. The molecule has 0 atom stereocenters. The Balaban J connectivity index is 3.90. The highest BCUT2D eigenvalue weighted by Gasteiger charge is 2.29. The van der Waals surface area contributed by atoms with E-state index in [-0.39, 0.29) is 11.8 Å². The average molecular weight is 294 g/mol. The summed E-state index contributed by atoms with van der Waals surface area (Å²) in [5, 5.41) is 9.27. The van der Waals surface area contributed by atoms with Crippen molar-refractivity contribution in [2.24, 2.45) is 0 Å². The summed E-state index contributed by atoms with van der Waals surface area (Å²) in [5.74, 6) is 0.0399. The standard InChI is InChI=1S/C15H22N2O2S/c1-10(2)13-8-7-12(9-16)14(11(3)4)15(13)20(18,19)17(5)6/h7-8,10-11H,1-6H3. The average Bonchev–Trinajstić information content (AvgIpc) is 2.36. The zero-order valence-electron chi connectivity index (χ0n) is 12.9. The third kappa shape index (κ3) is 2.87. The topological polar surface area (TPSA) is 61.2 Å². The Morgan fingerprint density at radius 3 is 2.00 bits per heavy atom. The molecule has 0 saturated carbocycles. The number of hydrogen-bond donors (Lipinski definition) is 0. The van der Waals surface area contributed by atoms with Gasteiger partial charge in [0.15, 0.2) is 0 Å². The van der Waals surface area contributed by atoms with Crippen molar-refractivity contribution < 1.29 is 8.42 Å². The van der Waals surface area contributed by atoms with E-state index in [9.17, 15) is 13.7 Å². The predicted octanol–water partition coefficient (Wildman–Crippen LogP) is 3.06. The van der Waals surface area contributed by atoms with E-state index >= 15 is 0 Å². The largest absolute Gasteiger partial charge is 0.243 e. The SMILES string of the molecule is CC(C)c1ccc(C#N)c(C(C)C)c1S(=O)(=O)N(C)C. The summed E-state index contributed by atoms with van der Waals surface area (Å²) in [6, 6.07) is 5.59. The lowest BCUT2D eigenvalue weighted by atomic mass is 9.92. The van der Waals surface area contributed by atoms with Gasteiger partial charge in [-0.1, -0.05) is 33.8 Å². The molecule has 20 heavy (non-hydrogen) atoms. The van der Waals surface area contributed by atoms with Crippen LogP contribution in [-0.2, 0) is 10.0 Å². The van der Waals surface area contributed by atoms with Crippen molar-refractivity contribution in [2.75, 3.05) is 14.1 Å². The minimum atomic E-state index is -3.58. The van der Waals surface area contributed by atoms with E-state index in [1.165, 1.54) is 18.4 Å². The fraction of sp³-hybridized carbons (Fsp3) is 0.533. The van der Waals surface area contributed by atoms with Crippen LogP contribution in [0.4, 0.5) is 0 Å². The quantitative estimate of drug-likeness (QED) is 0.857. The second-order valence-electron chi connectivity index (χ2n) is 5.65. The van der Waals surface area contributed by atoms with Crippen LogP contribution in [0, 0.1) is 11.3 Å². The Bertz CT molecular complexity index is 639. The van der Waals surface area contributed by atoms with Crippen molar-refractivity contribution in [2.45, 2.75) is 44.4 Å². The molecule has 4 nitrogen and oxygen atoms in total. The van der Waals surface area contributed by atoms with E-state index in [1.54, 1.807) is 12.1 Å². The zero-order valence-corrected chi connectivity index (χ0v) is 13.7. The van der Waals surface area contributed by atoms with Crippen LogP contribution in [0.5, 0.6) is 0 Å². The van der Waals surface area contributed by atoms with Gasteiger partial charge < -0.3 is 0 Å². The van der Waals surface area contributed by atoms with Gasteiger partial charge in [0.2, 0.25) is 10.0 Å². The number of nitriles is 1. The molecule has 0 fully saturated rings. The number of rotatable bonds is 4. The molecule has 0 heterocycles. The first-order valence-electron chi connectivity index (χ1n) is 6.64. The van der Waals surface area contributed by atoms with E-state index in [1.807, 2.05) is 27.7 Å². The van der Waals surface area contributed by atoms with Gasteiger partial charge >= 0.3 is 0 Å². The van der Waals surface area contributed by atoms with Gasteiger partial charge in [0.25, 0.3) is 0 Å². The smallest absolute Gasteiger partial charge is 0.207 e. The van der Waals surface area contributed by atoms with Crippen LogP contribution in [0.3, 0.4) is 0 Å². The molecule has 0 N–H and O–H groups in total. The molecule has 0 spiro atoms. The Labute approximate surface area is 122 Å². The lowest BCUT2D eigenvalue weighted by molar-refractivity contribution is 0.516. The van der Waals surface area contributed by atoms with Crippen LogP contribution in [0.2, 0.25) is 0 Å². The van der Waals surface area contributed by atoms with Crippen LogP contribution in [0.25, 0.3) is 0 Å². The fourth-order valence-corrected chi connectivity index (χ4v) is 3.80. The van der Waals surface area contributed by atoms with Gasteiger partial charge in [-0.05, 0) is 29.0 Å². The van der Waals surface area contributed by atoms with Crippen LogP contribution in [0.15, 0.2) is 17.0 Å². The minimum absolute atomic E-state index is 0.0342. The zero-order chi connectivity index (χ0) is 15.7. The van der Waals surface area contributed by atoms with Crippen LogP contribution in [-0.4, -0.2) is 26.8 Å². The van der Waals surface area contributed by atoms with E-state index in [4.69, 9.17) is 0 Å². The molecule has 0 unspecified atom stereocenters. The number of benzene rings is 1.